The summed E-state index contributed by atoms with van der Waals surface area (Å²) >= 11 is 0. The zero-order chi connectivity index (χ0) is 12.1. The van der Waals surface area contributed by atoms with Gasteiger partial charge in [0.05, 0.1) is 13.0 Å². The molecule has 16 heavy (non-hydrogen) atoms. The van der Waals surface area contributed by atoms with Crippen molar-refractivity contribution < 1.29 is 19.1 Å². The summed E-state index contributed by atoms with van der Waals surface area (Å²) in [6.45, 7) is 4.95. The molecule has 2 bridgehead atoms. The van der Waals surface area contributed by atoms with Gasteiger partial charge in [-0.3, -0.25) is 4.79 Å². The fourth-order valence-corrected chi connectivity index (χ4v) is 1.90. The summed E-state index contributed by atoms with van der Waals surface area (Å²) in [5.41, 5.74) is 0.433. The Morgan fingerprint density at radius 3 is 2.56 bits per heavy atom. The average Bonchev–Trinajstić information content (AvgIpc) is 2.52. The third-order valence-corrected chi connectivity index (χ3v) is 2.78. The molecule has 2 aliphatic rings. The molecule has 2 rings (SSSR count). The first-order valence-corrected chi connectivity index (χ1v) is 5.49. The van der Waals surface area contributed by atoms with E-state index in [-0.39, 0.29) is 24.0 Å². The van der Waals surface area contributed by atoms with Crippen LogP contribution in [0.25, 0.3) is 0 Å². The minimum Gasteiger partial charge on any atom is -0.466 e. The summed E-state index contributed by atoms with van der Waals surface area (Å²) in [5.74, 6) is -0.0266. The number of hydrogen-bond donors (Lipinski definition) is 0. The van der Waals surface area contributed by atoms with Gasteiger partial charge < -0.3 is 9.47 Å². The van der Waals surface area contributed by atoms with Crippen molar-refractivity contribution in [3.63, 3.8) is 0 Å². The molecule has 0 N–H and O–H groups in total. The first-order valence-electron chi connectivity index (χ1n) is 5.49. The number of rotatable bonds is 1. The van der Waals surface area contributed by atoms with Gasteiger partial charge in [-0.2, -0.15) is 0 Å². The first-order chi connectivity index (χ1) is 7.54. The maximum absolute atomic E-state index is 10.8. The number of hydrogen-bond acceptors (Lipinski definition) is 4. The summed E-state index contributed by atoms with van der Waals surface area (Å²) in [6.07, 6.45) is 4.63. The molecule has 0 aromatic rings. The lowest BCUT2D eigenvalue weighted by atomic mass is 9.90. The van der Waals surface area contributed by atoms with E-state index in [4.69, 9.17) is 4.74 Å². The number of methoxy groups -OCH3 is 1. The van der Waals surface area contributed by atoms with Crippen molar-refractivity contribution in [3.05, 3.63) is 12.2 Å². The van der Waals surface area contributed by atoms with Crippen LogP contribution in [-0.4, -0.2) is 25.2 Å². The molecule has 2 unspecified atom stereocenters. The lowest BCUT2D eigenvalue weighted by Crippen LogP contribution is -2.10. The lowest BCUT2D eigenvalue weighted by Gasteiger charge is -2.12. The van der Waals surface area contributed by atoms with Crippen molar-refractivity contribution in [1.82, 2.24) is 0 Å². The highest BCUT2D eigenvalue weighted by atomic mass is 16.6. The van der Waals surface area contributed by atoms with Crippen LogP contribution in [0.5, 0.6) is 0 Å². The largest absolute Gasteiger partial charge is 0.466 e. The van der Waals surface area contributed by atoms with E-state index in [1.807, 2.05) is 0 Å². The number of fused-ring (bicyclic) bond motifs is 2. The van der Waals surface area contributed by atoms with Gasteiger partial charge in [-0.05, 0) is 32.6 Å². The molecule has 1 heterocycles. The van der Waals surface area contributed by atoms with Crippen LogP contribution in [0.15, 0.2) is 12.2 Å². The molecule has 1 aliphatic carbocycles. The van der Waals surface area contributed by atoms with Gasteiger partial charge in [0.1, 0.15) is 6.10 Å². The Balaban J connectivity index is 0.000000168. The molecule has 1 aliphatic heterocycles. The summed E-state index contributed by atoms with van der Waals surface area (Å²) in [4.78, 5) is 21.0. The third-order valence-electron chi connectivity index (χ3n) is 2.78. The Labute approximate surface area is 95.6 Å². The summed E-state index contributed by atoms with van der Waals surface area (Å²) in [5, 5.41) is 0. The highest BCUT2D eigenvalue weighted by Crippen LogP contribution is 2.33. The van der Waals surface area contributed by atoms with Crippen LogP contribution in [0.4, 0.5) is 0 Å². The standard InChI is InChI=1S/C7H10O2.C5H8O2/c8-7-5-2-1-3-6(4-5)9-7;1-4(2)5(6)7-3/h5-6H,1-4H2;1H2,2-3H3. The Kier molecular flexibility index (Phi) is 4.52. The van der Waals surface area contributed by atoms with Crippen molar-refractivity contribution in [1.29, 1.82) is 0 Å². The Bertz CT molecular complexity index is 295. The normalized spacial score (nSPS) is 26.2. The molecule has 2 atom stereocenters. The van der Waals surface area contributed by atoms with Crippen molar-refractivity contribution in [2.45, 2.75) is 38.7 Å². The second kappa shape index (κ2) is 5.68. The minimum absolute atomic E-state index is 0.0532. The number of ether oxygens (including phenoxy) is 2. The van der Waals surface area contributed by atoms with E-state index in [2.05, 4.69) is 11.3 Å². The van der Waals surface area contributed by atoms with E-state index in [0.717, 1.165) is 19.3 Å². The Morgan fingerprint density at radius 1 is 1.50 bits per heavy atom. The molecule has 0 aromatic carbocycles. The number of esters is 2. The van der Waals surface area contributed by atoms with Crippen molar-refractivity contribution in [3.8, 4) is 0 Å². The molecule has 4 heteroatoms. The zero-order valence-corrected chi connectivity index (χ0v) is 9.82. The fraction of sp³-hybridized carbons (Fsp3) is 0.667. The molecular weight excluding hydrogens is 208 g/mol. The molecule has 0 spiro atoms. The van der Waals surface area contributed by atoms with Gasteiger partial charge in [0.2, 0.25) is 0 Å². The molecule has 1 saturated carbocycles. The molecular formula is C12H18O4. The molecule has 2 fully saturated rings. The molecule has 4 nitrogen and oxygen atoms in total. The summed E-state index contributed by atoms with van der Waals surface area (Å²) in [7, 11) is 1.33. The maximum Gasteiger partial charge on any atom is 0.332 e. The summed E-state index contributed by atoms with van der Waals surface area (Å²) in [6, 6.07) is 0. The fourth-order valence-electron chi connectivity index (χ4n) is 1.90. The van der Waals surface area contributed by atoms with Gasteiger partial charge in [-0.1, -0.05) is 6.58 Å². The number of carbonyl (C=O) groups excluding carboxylic acids is 2. The maximum atomic E-state index is 10.8. The van der Waals surface area contributed by atoms with E-state index in [9.17, 15) is 9.59 Å². The smallest absolute Gasteiger partial charge is 0.332 e. The Morgan fingerprint density at radius 2 is 2.19 bits per heavy atom. The van der Waals surface area contributed by atoms with Crippen LogP contribution in [0, 0.1) is 5.92 Å². The zero-order valence-electron chi connectivity index (χ0n) is 9.82. The van der Waals surface area contributed by atoms with Crippen LogP contribution >= 0.6 is 0 Å². The predicted octanol–water partition coefficient (Wildman–Crippen LogP) is 1.84. The molecule has 0 amide bonds. The minimum atomic E-state index is -0.347. The van der Waals surface area contributed by atoms with Crippen LogP contribution in [0.2, 0.25) is 0 Å². The van der Waals surface area contributed by atoms with E-state index in [1.165, 1.54) is 13.5 Å². The number of carbonyl (C=O) groups is 2. The van der Waals surface area contributed by atoms with Crippen LogP contribution in [0.1, 0.15) is 32.6 Å². The molecule has 0 radical (unpaired) electrons. The second-order valence-electron chi connectivity index (χ2n) is 4.19. The third kappa shape index (κ3) is 3.36. The van der Waals surface area contributed by atoms with Gasteiger partial charge in [0.25, 0.3) is 0 Å². The van der Waals surface area contributed by atoms with Gasteiger partial charge >= 0.3 is 11.9 Å². The molecule has 1 saturated heterocycles. The van der Waals surface area contributed by atoms with Crippen LogP contribution in [0.3, 0.4) is 0 Å². The van der Waals surface area contributed by atoms with Crippen molar-refractivity contribution >= 4 is 11.9 Å². The van der Waals surface area contributed by atoms with E-state index in [1.54, 1.807) is 6.92 Å². The highest BCUT2D eigenvalue weighted by Gasteiger charge is 2.37. The first kappa shape index (κ1) is 12.7. The van der Waals surface area contributed by atoms with Gasteiger partial charge in [-0.25, -0.2) is 4.79 Å². The predicted molar refractivity (Wildman–Crippen MR) is 58.7 cm³/mol. The SMILES string of the molecule is C=C(C)C(=O)OC.O=C1OC2CCCC1C2. The quantitative estimate of drug-likeness (QED) is 0.505. The van der Waals surface area contributed by atoms with Crippen molar-refractivity contribution in [2.24, 2.45) is 5.92 Å². The van der Waals surface area contributed by atoms with E-state index in [0.29, 0.717) is 5.57 Å². The molecule has 0 aromatic heterocycles. The van der Waals surface area contributed by atoms with E-state index >= 15 is 0 Å². The van der Waals surface area contributed by atoms with E-state index < -0.39 is 0 Å². The summed E-state index contributed by atoms with van der Waals surface area (Å²) < 4.78 is 9.32. The van der Waals surface area contributed by atoms with Gasteiger partial charge in [0.15, 0.2) is 0 Å². The molecule has 90 valence electrons. The van der Waals surface area contributed by atoms with Crippen molar-refractivity contribution in [2.75, 3.05) is 7.11 Å². The Hall–Kier alpha value is -1.32. The second-order valence-corrected chi connectivity index (χ2v) is 4.19. The van der Waals surface area contributed by atoms with Crippen LogP contribution < -0.4 is 0 Å². The topological polar surface area (TPSA) is 52.6 Å². The highest BCUT2D eigenvalue weighted by molar-refractivity contribution is 5.86. The van der Waals surface area contributed by atoms with Gasteiger partial charge in [0, 0.05) is 5.57 Å². The lowest BCUT2D eigenvalue weighted by molar-refractivity contribution is -0.143. The monoisotopic (exact) mass is 226 g/mol. The van der Waals surface area contributed by atoms with Crippen LogP contribution in [-0.2, 0) is 19.1 Å². The van der Waals surface area contributed by atoms with Gasteiger partial charge in [-0.15, -0.1) is 0 Å². The average molecular weight is 226 g/mol.